The van der Waals surface area contributed by atoms with Crippen LogP contribution < -0.4 is 14.2 Å². The van der Waals surface area contributed by atoms with E-state index in [4.69, 9.17) is 25.8 Å². The quantitative estimate of drug-likeness (QED) is 0.117. The molecular weight excluding hydrogens is 704 g/mol. The second-order valence-corrected chi connectivity index (χ2v) is 14.7. The fourth-order valence-electron chi connectivity index (χ4n) is 7.37. The van der Waals surface area contributed by atoms with Crippen LogP contribution in [0.3, 0.4) is 0 Å². The number of carboxylic acid groups (broad SMARTS) is 1. The highest BCUT2D eigenvalue weighted by Crippen LogP contribution is 2.37. The van der Waals surface area contributed by atoms with E-state index >= 15 is 0 Å². The number of halogens is 1. The first-order valence-corrected chi connectivity index (χ1v) is 19.2. The number of ether oxygens (including phenoxy) is 3. The van der Waals surface area contributed by atoms with Crippen molar-refractivity contribution in [1.29, 1.82) is 5.26 Å². The van der Waals surface area contributed by atoms with E-state index in [0.717, 1.165) is 96.4 Å². The van der Waals surface area contributed by atoms with Crippen molar-refractivity contribution in [3.63, 3.8) is 0 Å². The monoisotopic (exact) mass is 752 g/mol. The van der Waals surface area contributed by atoms with E-state index in [1.54, 1.807) is 24.4 Å². The summed E-state index contributed by atoms with van der Waals surface area (Å²) in [5, 5.41) is 29.4. The van der Waals surface area contributed by atoms with Gasteiger partial charge in [0.15, 0.2) is 0 Å². The van der Waals surface area contributed by atoms with Crippen LogP contribution in [0.25, 0.3) is 11.1 Å². The molecule has 3 heterocycles. The van der Waals surface area contributed by atoms with Crippen LogP contribution in [-0.4, -0.2) is 75.9 Å². The number of hydrogen-bond acceptors (Lipinski definition) is 9. The van der Waals surface area contributed by atoms with Crippen LogP contribution in [0.5, 0.6) is 17.2 Å². The molecule has 0 spiro atoms. The molecule has 10 nitrogen and oxygen atoms in total. The first kappa shape index (κ1) is 39.0. The van der Waals surface area contributed by atoms with E-state index in [0.29, 0.717) is 48.2 Å². The number of hydrogen-bond donors (Lipinski definition) is 2. The van der Waals surface area contributed by atoms with Gasteiger partial charge in [0.1, 0.15) is 42.6 Å². The zero-order valence-electron chi connectivity index (χ0n) is 31.1. The van der Waals surface area contributed by atoms with Crippen molar-refractivity contribution < 1.29 is 29.2 Å². The first-order valence-electron chi connectivity index (χ1n) is 18.8. The van der Waals surface area contributed by atoms with E-state index in [9.17, 15) is 20.3 Å². The predicted octanol–water partition coefficient (Wildman–Crippen LogP) is 7.71. The highest BCUT2D eigenvalue weighted by molar-refractivity contribution is 6.32. The summed E-state index contributed by atoms with van der Waals surface area (Å²) < 4.78 is 19.0. The van der Waals surface area contributed by atoms with Crippen LogP contribution in [0.1, 0.15) is 71.9 Å². The van der Waals surface area contributed by atoms with Crippen molar-refractivity contribution in [2.75, 3.05) is 32.8 Å². The average molecular weight is 753 g/mol. The number of benzene rings is 3. The minimum Gasteiger partial charge on any atom is -0.493 e. The number of piperidine rings is 2. The topological polar surface area (TPSA) is 128 Å². The fraction of sp³-hybridized carbons (Fsp3) is 0.419. The minimum absolute atomic E-state index is 0.158. The fourth-order valence-corrected chi connectivity index (χ4v) is 7.62. The van der Waals surface area contributed by atoms with Crippen LogP contribution in [0.4, 0.5) is 0 Å². The predicted molar refractivity (Wildman–Crippen MR) is 208 cm³/mol. The Kier molecular flexibility index (Phi) is 13.4. The molecule has 54 heavy (non-hydrogen) atoms. The van der Waals surface area contributed by atoms with Gasteiger partial charge >= 0.3 is 5.97 Å². The molecule has 1 unspecified atom stereocenters. The zero-order valence-corrected chi connectivity index (χ0v) is 31.9. The molecule has 0 saturated carbocycles. The minimum atomic E-state index is -0.833. The first-order chi connectivity index (χ1) is 26.2. The molecule has 6 rings (SSSR count). The van der Waals surface area contributed by atoms with Crippen molar-refractivity contribution in [1.82, 2.24) is 14.8 Å². The van der Waals surface area contributed by atoms with Gasteiger partial charge in [0.2, 0.25) is 0 Å². The Hall–Kier alpha value is -4.66. The maximum atomic E-state index is 12.1. The molecule has 2 aliphatic rings. The molecule has 2 fully saturated rings. The standard InChI is InChI=1S/C43H49ClN4O6/c1-29-33(8-5-9-36(29)37-10-6-12-40(30(37)2)52-19-7-15-47-17-13-35(49)14-18-47)28-54-42-22-41(53-27-32-20-31(23-45)24-46-25-32)34(21-38(42)44)26-48-16-4-3-11-39(48)43(50)51/h5-6,8-10,12,20-22,24-25,35,39,49H,3-4,7,11,13-19,26-28H2,1-2H3,(H,50,51). The number of nitrogens with zero attached hydrogens (tertiary/aromatic N) is 4. The molecule has 0 aliphatic carbocycles. The SMILES string of the molecule is Cc1c(COc2cc(OCc3cncc(C#N)c3)c(CN3CCCCC3C(=O)O)cc2Cl)cccc1-c1cccc(OCCCN2CCC(O)CC2)c1C. The van der Waals surface area contributed by atoms with Gasteiger partial charge < -0.3 is 29.3 Å². The molecule has 4 aromatic rings. The average Bonchev–Trinajstić information content (AvgIpc) is 3.18. The van der Waals surface area contributed by atoms with E-state index in [1.807, 2.05) is 29.2 Å². The molecule has 1 aromatic heterocycles. The van der Waals surface area contributed by atoms with Crippen molar-refractivity contribution in [3.05, 3.63) is 105 Å². The number of nitriles is 1. The van der Waals surface area contributed by atoms with Crippen molar-refractivity contribution in [3.8, 4) is 34.4 Å². The number of likely N-dealkylation sites (tertiary alicyclic amines) is 2. The van der Waals surface area contributed by atoms with Gasteiger partial charge in [0, 0.05) is 55.8 Å². The number of rotatable bonds is 15. The molecule has 3 aromatic carbocycles. The largest absolute Gasteiger partial charge is 0.493 e. The maximum Gasteiger partial charge on any atom is 0.320 e. The van der Waals surface area contributed by atoms with Gasteiger partial charge in [-0.1, -0.05) is 48.4 Å². The Labute approximate surface area is 322 Å². The Morgan fingerprint density at radius 3 is 2.43 bits per heavy atom. The highest BCUT2D eigenvalue weighted by atomic mass is 35.5. The zero-order chi connectivity index (χ0) is 38.0. The van der Waals surface area contributed by atoms with Crippen LogP contribution in [-0.2, 0) is 24.6 Å². The molecule has 2 aliphatic heterocycles. The van der Waals surface area contributed by atoms with Gasteiger partial charge in [-0.15, -0.1) is 0 Å². The number of aliphatic hydroxyl groups excluding tert-OH is 1. The van der Waals surface area contributed by atoms with E-state index in [1.165, 1.54) is 6.20 Å². The maximum absolute atomic E-state index is 12.1. The molecule has 0 bridgehead atoms. The summed E-state index contributed by atoms with van der Waals surface area (Å²) in [6, 6.07) is 19.2. The summed E-state index contributed by atoms with van der Waals surface area (Å²) >= 11 is 6.86. The van der Waals surface area contributed by atoms with Gasteiger partial charge in [-0.25, -0.2) is 0 Å². The van der Waals surface area contributed by atoms with Gasteiger partial charge in [-0.3, -0.25) is 14.7 Å². The molecule has 0 amide bonds. The van der Waals surface area contributed by atoms with Crippen LogP contribution >= 0.6 is 11.6 Å². The Bertz CT molecular complexity index is 1960. The van der Waals surface area contributed by atoms with Crippen molar-refractivity contribution in [2.45, 2.75) is 84.3 Å². The second-order valence-electron chi connectivity index (χ2n) is 14.3. The third-order valence-electron chi connectivity index (χ3n) is 10.5. The van der Waals surface area contributed by atoms with Gasteiger partial charge in [0.25, 0.3) is 0 Å². The van der Waals surface area contributed by atoms with Gasteiger partial charge in [-0.2, -0.15) is 5.26 Å². The smallest absolute Gasteiger partial charge is 0.320 e. The number of pyridine rings is 1. The number of aliphatic hydroxyl groups is 1. The molecule has 2 saturated heterocycles. The Morgan fingerprint density at radius 1 is 0.889 bits per heavy atom. The lowest BCUT2D eigenvalue weighted by atomic mass is 9.93. The summed E-state index contributed by atoms with van der Waals surface area (Å²) in [4.78, 5) is 20.6. The molecule has 0 radical (unpaired) electrons. The summed E-state index contributed by atoms with van der Waals surface area (Å²) in [5.74, 6) is 1.01. The third kappa shape index (κ3) is 9.90. The number of carboxylic acids is 1. The lowest BCUT2D eigenvalue weighted by Gasteiger charge is -2.33. The van der Waals surface area contributed by atoms with Gasteiger partial charge in [-0.05, 0) is 98.5 Å². The molecule has 2 N–H and O–H groups in total. The van der Waals surface area contributed by atoms with Crippen LogP contribution in [0.15, 0.2) is 67.0 Å². The lowest BCUT2D eigenvalue weighted by molar-refractivity contribution is -0.144. The lowest BCUT2D eigenvalue weighted by Crippen LogP contribution is -2.44. The summed E-state index contributed by atoms with van der Waals surface area (Å²) in [5.41, 5.74) is 7.29. The molecule has 1 atom stereocenters. The van der Waals surface area contributed by atoms with E-state index in [2.05, 4.69) is 41.9 Å². The summed E-state index contributed by atoms with van der Waals surface area (Å²) in [6.07, 6.45) is 7.98. The summed E-state index contributed by atoms with van der Waals surface area (Å²) in [7, 11) is 0. The highest BCUT2D eigenvalue weighted by Gasteiger charge is 2.29. The van der Waals surface area contributed by atoms with Gasteiger partial charge in [0.05, 0.1) is 23.3 Å². The Morgan fingerprint density at radius 2 is 1.65 bits per heavy atom. The van der Waals surface area contributed by atoms with Crippen LogP contribution in [0, 0.1) is 25.2 Å². The molecule has 284 valence electrons. The third-order valence-corrected chi connectivity index (χ3v) is 10.8. The van der Waals surface area contributed by atoms with Crippen molar-refractivity contribution >= 4 is 17.6 Å². The number of aromatic nitrogens is 1. The Balaban J connectivity index is 1.17. The second kappa shape index (κ2) is 18.6. The van der Waals surface area contributed by atoms with Crippen molar-refractivity contribution in [2.24, 2.45) is 0 Å². The van der Waals surface area contributed by atoms with Crippen LogP contribution in [0.2, 0.25) is 5.02 Å². The normalized spacial score (nSPS) is 16.8. The molecule has 11 heteroatoms. The van der Waals surface area contributed by atoms with E-state index in [-0.39, 0.29) is 19.3 Å². The number of aliphatic carboxylic acids is 1. The number of carbonyl (C=O) groups is 1. The summed E-state index contributed by atoms with van der Waals surface area (Å²) in [6.45, 7) is 9.10. The molecular formula is C43H49ClN4O6. The van der Waals surface area contributed by atoms with E-state index < -0.39 is 12.0 Å².